The van der Waals surface area contributed by atoms with Crippen LogP contribution in [0.2, 0.25) is 0 Å². The van der Waals surface area contributed by atoms with Crippen LogP contribution in [0.25, 0.3) is 6.08 Å². The van der Waals surface area contributed by atoms with E-state index >= 15 is 0 Å². The monoisotopic (exact) mass is 500 g/mol. The van der Waals surface area contributed by atoms with E-state index in [1.165, 1.54) is 16.7 Å². The summed E-state index contributed by atoms with van der Waals surface area (Å²) in [5, 5.41) is 9.61. The summed E-state index contributed by atoms with van der Waals surface area (Å²) in [4.78, 5) is 16.7. The molecule has 0 saturated carbocycles. The van der Waals surface area contributed by atoms with Crippen LogP contribution in [0.15, 0.2) is 78.9 Å². The summed E-state index contributed by atoms with van der Waals surface area (Å²) in [5.74, 6) is 0.852. The van der Waals surface area contributed by atoms with Gasteiger partial charge in [-0.2, -0.15) is 0 Å². The number of ether oxygens (including phenoxy) is 1. The van der Waals surface area contributed by atoms with Crippen LogP contribution >= 0.6 is 11.8 Å². The summed E-state index contributed by atoms with van der Waals surface area (Å²) >= 11 is 1.88. The van der Waals surface area contributed by atoms with Crippen LogP contribution in [0, 0.1) is 0 Å². The maximum absolute atomic E-state index is 11.6. The maximum Gasteiger partial charge on any atom is 0.335 e. The van der Waals surface area contributed by atoms with E-state index in [1.54, 1.807) is 12.1 Å². The van der Waals surface area contributed by atoms with Gasteiger partial charge in [0.2, 0.25) is 0 Å². The summed E-state index contributed by atoms with van der Waals surface area (Å²) in [6.07, 6.45) is 4.46. The molecule has 6 heteroatoms. The number of nitrogens with zero attached hydrogens (tertiary/aromatic N) is 2. The molecule has 0 aromatic heterocycles. The lowest BCUT2D eigenvalue weighted by atomic mass is 9.98. The summed E-state index contributed by atoms with van der Waals surface area (Å²) in [6, 6.07) is 24.0. The third kappa shape index (κ3) is 6.01. The smallest absolute Gasteiger partial charge is 0.335 e. The van der Waals surface area contributed by atoms with Crippen molar-refractivity contribution >= 4 is 23.8 Å². The first kappa shape index (κ1) is 24.6. The van der Waals surface area contributed by atoms with Gasteiger partial charge in [-0.05, 0) is 34.9 Å². The molecule has 5 nitrogen and oxygen atoms in total. The Labute approximate surface area is 217 Å². The van der Waals surface area contributed by atoms with E-state index < -0.39 is 5.97 Å². The van der Waals surface area contributed by atoms with Crippen molar-refractivity contribution in [1.82, 2.24) is 9.80 Å². The zero-order valence-corrected chi connectivity index (χ0v) is 21.2. The molecule has 1 saturated heterocycles. The van der Waals surface area contributed by atoms with Crippen molar-refractivity contribution < 1.29 is 14.6 Å². The van der Waals surface area contributed by atoms with E-state index in [0.29, 0.717) is 12.2 Å². The Morgan fingerprint density at radius 2 is 1.69 bits per heavy atom. The minimum Gasteiger partial charge on any atom is -0.489 e. The van der Waals surface area contributed by atoms with Gasteiger partial charge in [-0.25, -0.2) is 4.79 Å². The Bertz CT molecular complexity index is 1210. The van der Waals surface area contributed by atoms with E-state index in [1.807, 2.05) is 30.0 Å². The Morgan fingerprint density at radius 3 is 2.50 bits per heavy atom. The van der Waals surface area contributed by atoms with E-state index in [2.05, 4.69) is 64.4 Å². The summed E-state index contributed by atoms with van der Waals surface area (Å²) in [6.45, 7) is 6.81. The molecule has 0 aliphatic carbocycles. The fourth-order valence-corrected chi connectivity index (χ4v) is 6.21. The number of fused-ring (bicyclic) bond motifs is 2. The molecular weight excluding hydrogens is 468 g/mol. The van der Waals surface area contributed by atoms with Gasteiger partial charge in [0, 0.05) is 50.6 Å². The fourth-order valence-electron chi connectivity index (χ4n) is 4.84. The van der Waals surface area contributed by atoms with Crippen LogP contribution in [0.3, 0.4) is 0 Å². The average molecular weight is 501 g/mol. The van der Waals surface area contributed by atoms with Gasteiger partial charge in [-0.3, -0.25) is 9.80 Å². The van der Waals surface area contributed by atoms with Gasteiger partial charge < -0.3 is 9.84 Å². The lowest BCUT2D eigenvalue weighted by Crippen LogP contribution is -2.46. The Morgan fingerprint density at radius 1 is 0.944 bits per heavy atom. The Hall–Kier alpha value is -3.06. The van der Waals surface area contributed by atoms with Crippen molar-refractivity contribution in [2.24, 2.45) is 0 Å². The highest BCUT2D eigenvalue weighted by Gasteiger charge is 2.26. The molecule has 2 aliphatic rings. The number of rotatable bonds is 8. The zero-order valence-electron chi connectivity index (χ0n) is 20.4. The molecule has 0 spiro atoms. The van der Waals surface area contributed by atoms with Gasteiger partial charge in [0.25, 0.3) is 0 Å². The highest BCUT2D eigenvalue weighted by Crippen LogP contribution is 2.44. The molecule has 1 fully saturated rings. The Balaban J connectivity index is 1.18. The molecule has 0 amide bonds. The molecular formula is C30H32N2O3S. The molecule has 0 bridgehead atoms. The molecule has 2 aliphatic heterocycles. The van der Waals surface area contributed by atoms with E-state index in [-0.39, 0.29) is 5.25 Å². The van der Waals surface area contributed by atoms with Gasteiger partial charge in [-0.1, -0.05) is 66.7 Å². The molecule has 3 aromatic carbocycles. The zero-order chi connectivity index (χ0) is 24.7. The van der Waals surface area contributed by atoms with E-state index in [9.17, 15) is 9.90 Å². The van der Waals surface area contributed by atoms with Crippen LogP contribution in [0.1, 0.15) is 37.9 Å². The molecule has 5 rings (SSSR count). The molecule has 36 heavy (non-hydrogen) atoms. The number of carbonyl (C=O) groups is 1. The summed E-state index contributed by atoms with van der Waals surface area (Å²) in [5.41, 5.74) is 4.90. The first-order chi connectivity index (χ1) is 17.7. The third-order valence-electron chi connectivity index (χ3n) is 6.89. The topological polar surface area (TPSA) is 53.0 Å². The molecule has 1 unspecified atom stereocenters. The number of hydrogen-bond acceptors (Lipinski definition) is 5. The third-order valence-corrected chi connectivity index (χ3v) is 8.15. The Kier molecular flexibility index (Phi) is 8.06. The predicted octanol–water partition coefficient (Wildman–Crippen LogP) is 5.43. The number of carboxylic acids is 1. The second-order valence-corrected chi connectivity index (χ2v) is 10.5. The molecule has 0 radical (unpaired) electrons. The van der Waals surface area contributed by atoms with Gasteiger partial charge in [-0.15, -0.1) is 11.8 Å². The van der Waals surface area contributed by atoms with Crippen molar-refractivity contribution in [2.45, 2.75) is 11.9 Å². The van der Waals surface area contributed by atoms with Gasteiger partial charge in [0.15, 0.2) is 0 Å². The molecule has 186 valence electrons. The number of hydrogen-bond donors (Lipinski definition) is 1. The quantitative estimate of drug-likeness (QED) is 0.445. The second-order valence-electron chi connectivity index (χ2n) is 9.25. The molecule has 2 heterocycles. The van der Waals surface area contributed by atoms with Gasteiger partial charge in [0.1, 0.15) is 12.4 Å². The van der Waals surface area contributed by atoms with Crippen molar-refractivity contribution in [1.29, 1.82) is 0 Å². The van der Waals surface area contributed by atoms with Crippen molar-refractivity contribution in [2.75, 3.05) is 45.0 Å². The summed E-state index contributed by atoms with van der Waals surface area (Å²) < 4.78 is 6.08. The van der Waals surface area contributed by atoms with E-state index in [4.69, 9.17) is 4.74 Å². The van der Waals surface area contributed by atoms with E-state index in [0.717, 1.165) is 56.3 Å². The van der Waals surface area contributed by atoms with Crippen molar-refractivity contribution in [3.8, 4) is 5.75 Å². The fraction of sp³-hybridized carbons (Fsp3) is 0.300. The predicted molar refractivity (Wildman–Crippen MR) is 147 cm³/mol. The highest BCUT2D eigenvalue weighted by molar-refractivity contribution is 7.99. The molecule has 1 N–H and O–H groups in total. The molecule has 3 aromatic rings. The maximum atomic E-state index is 11.6. The standard InChI is InChI=1S/C30H32N2O3S/c33-30(34)24-12-13-28-27(21-24)29(26-11-5-4-10-25(26)22-35-28)36-20-19-32-17-15-31(16-18-32)14-6-9-23-7-2-1-3-8-23/h1-13,21,29H,14-20,22H2,(H,33,34)/b9-6+. The lowest BCUT2D eigenvalue weighted by Gasteiger charge is -2.34. The van der Waals surface area contributed by atoms with Gasteiger partial charge >= 0.3 is 5.97 Å². The first-order valence-corrected chi connectivity index (χ1v) is 13.6. The van der Waals surface area contributed by atoms with Crippen LogP contribution < -0.4 is 4.74 Å². The number of piperazine rings is 1. The first-order valence-electron chi connectivity index (χ1n) is 12.5. The number of carboxylic acid groups (broad SMARTS) is 1. The van der Waals surface area contributed by atoms with Crippen LogP contribution in [-0.2, 0) is 6.61 Å². The minimum absolute atomic E-state index is 0.0578. The summed E-state index contributed by atoms with van der Waals surface area (Å²) in [7, 11) is 0. The minimum atomic E-state index is -0.907. The SMILES string of the molecule is O=C(O)c1ccc2c(c1)C(SCCN1CCN(C/C=C/c3ccccc3)CC1)c1ccccc1CO2. The highest BCUT2D eigenvalue weighted by atomic mass is 32.2. The van der Waals surface area contributed by atoms with Crippen molar-refractivity contribution in [3.63, 3.8) is 0 Å². The number of benzene rings is 3. The second kappa shape index (κ2) is 11.8. The van der Waals surface area contributed by atoms with Crippen LogP contribution in [0.4, 0.5) is 0 Å². The normalized spacial score (nSPS) is 18.3. The van der Waals surface area contributed by atoms with Crippen molar-refractivity contribution in [3.05, 3.63) is 107 Å². The number of aromatic carboxylic acids is 1. The largest absolute Gasteiger partial charge is 0.489 e. The number of thioether (sulfide) groups is 1. The van der Waals surface area contributed by atoms with Crippen LogP contribution in [-0.4, -0.2) is 65.9 Å². The lowest BCUT2D eigenvalue weighted by molar-refractivity contribution is 0.0696. The molecule has 1 atom stereocenters. The average Bonchev–Trinajstić information content (AvgIpc) is 3.07. The van der Waals surface area contributed by atoms with Crippen LogP contribution in [0.5, 0.6) is 5.75 Å². The van der Waals surface area contributed by atoms with Gasteiger partial charge in [0.05, 0.1) is 10.8 Å².